The van der Waals surface area contributed by atoms with E-state index in [2.05, 4.69) is 20.5 Å². The molecule has 0 bridgehead atoms. The van der Waals surface area contributed by atoms with Gasteiger partial charge in [-0.25, -0.2) is 0 Å². The van der Waals surface area contributed by atoms with Crippen molar-refractivity contribution in [1.82, 2.24) is 7.36 Å². The van der Waals surface area contributed by atoms with Gasteiger partial charge < -0.3 is 0 Å². The van der Waals surface area contributed by atoms with Crippen LogP contribution in [0.4, 0.5) is 0 Å². The van der Waals surface area contributed by atoms with E-state index in [0.29, 0.717) is 0 Å². The zero-order valence-electron chi connectivity index (χ0n) is 6.95. The molecule has 0 atom stereocenters. The van der Waals surface area contributed by atoms with Crippen LogP contribution in [0, 0.1) is 0 Å². The predicted molar refractivity (Wildman–Crippen MR) is 46.6 cm³/mol. The molecule has 0 aliphatic heterocycles. The minimum absolute atomic E-state index is 0.868. The van der Waals surface area contributed by atoms with Crippen molar-refractivity contribution in [2.45, 2.75) is 32.6 Å². The molecular formula is C8H13N2Tl. The second-order valence-corrected chi connectivity index (χ2v) is 5.09. The first-order valence-electron chi connectivity index (χ1n) is 4.11. The Morgan fingerprint density at radius 2 is 2.36 bits per heavy atom. The van der Waals surface area contributed by atoms with Crippen LogP contribution in [-0.4, -0.2) is 33.4 Å². The van der Waals surface area contributed by atoms with Crippen LogP contribution in [0.5, 0.6) is 0 Å². The van der Waals surface area contributed by atoms with E-state index in [0.717, 1.165) is 32.5 Å². The number of aryl methyl sites for hydroxylation is 1. The third-order valence-corrected chi connectivity index (χ3v) is 2.79. The topological polar surface area (TPSA) is 17.8 Å². The molecule has 0 unspecified atom stereocenters. The maximum absolute atomic E-state index is 4.29. The second-order valence-electron chi connectivity index (χ2n) is 2.77. The van der Waals surface area contributed by atoms with Crippen LogP contribution in [0.1, 0.15) is 31.9 Å². The molecule has 1 heterocycles. The Hall–Kier alpha value is 0.132. The van der Waals surface area contributed by atoms with Gasteiger partial charge >= 0.3 is 84.3 Å². The molecule has 58 valence electrons. The van der Waals surface area contributed by atoms with Crippen LogP contribution >= 0.6 is 0 Å². The van der Waals surface area contributed by atoms with Crippen molar-refractivity contribution in [2.24, 2.45) is 0 Å². The van der Waals surface area contributed by atoms with Gasteiger partial charge in [0.15, 0.2) is 0 Å². The molecule has 1 aromatic heterocycles. The molecular weight excluding hydrogens is 328 g/mol. The van der Waals surface area contributed by atoms with E-state index < -0.39 is 0 Å². The second kappa shape index (κ2) is 4.90. The molecule has 0 saturated carbocycles. The quantitative estimate of drug-likeness (QED) is 0.600. The van der Waals surface area contributed by atoms with E-state index in [1.807, 2.05) is 6.33 Å². The molecule has 1 aromatic rings. The Balaban J connectivity index is 2.27. The number of imidazole rings is 1. The van der Waals surface area contributed by atoms with Crippen LogP contribution < -0.4 is 0 Å². The number of unbranched alkanes of at least 4 members (excludes halogenated alkanes) is 2. The number of hydrogen-bond donors (Lipinski definition) is 0. The summed E-state index contributed by atoms with van der Waals surface area (Å²) in [6, 6.07) is 0. The van der Waals surface area contributed by atoms with E-state index in [1.165, 1.54) is 25.0 Å². The van der Waals surface area contributed by atoms with E-state index in [-0.39, 0.29) is 0 Å². The molecule has 0 fully saturated rings. The van der Waals surface area contributed by atoms with Crippen molar-refractivity contribution >= 4 is 26.1 Å². The van der Waals surface area contributed by atoms with Gasteiger partial charge in [0.2, 0.25) is 0 Å². The number of aromatic nitrogens is 2. The van der Waals surface area contributed by atoms with Crippen LogP contribution in [0.15, 0.2) is 12.5 Å². The normalized spacial score (nSPS) is 10.2. The first kappa shape index (κ1) is 9.22. The Kier molecular flexibility index (Phi) is 4.11. The van der Waals surface area contributed by atoms with Crippen molar-refractivity contribution < 1.29 is 0 Å². The monoisotopic (exact) mass is 342 g/mol. The summed E-state index contributed by atoms with van der Waals surface area (Å²) in [6.45, 7) is 2.23. The molecule has 0 radical (unpaired) electrons. The van der Waals surface area contributed by atoms with Crippen molar-refractivity contribution in [3.05, 3.63) is 18.2 Å². The third-order valence-electron chi connectivity index (χ3n) is 1.69. The molecule has 0 spiro atoms. The Bertz CT molecular complexity index is 208. The van der Waals surface area contributed by atoms with Gasteiger partial charge in [0, 0.05) is 0 Å². The SMILES string of the molecule is CCCCCc1c[n]([Tl])cn1. The zero-order chi connectivity index (χ0) is 8.10. The summed E-state index contributed by atoms with van der Waals surface area (Å²) in [5.74, 6) is 0. The first-order valence-corrected chi connectivity index (χ1v) is 6.11. The van der Waals surface area contributed by atoms with Gasteiger partial charge in [-0.05, 0) is 0 Å². The molecule has 0 aliphatic carbocycles. The number of rotatable bonds is 4. The van der Waals surface area contributed by atoms with Gasteiger partial charge in [0.25, 0.3) is 0 Å². The van der Waals surface area contributed by atoms with Gasteiger partial charge in [-0.3, -0.25) is 0 Å². The van der Waals surface area contributed by atoms with Crippen LogP contribution in [0.25, 0.3) is 0 Å². The average molecular weight is 342 g/mol. The number of nitrogens with zero attached hydrogens (tertiary/aromatic N) is 2. The van der Waals surface area contributed by atoms with E-state index in [1.54, 1.807) is 0 Å². The molecule has 11 heavy (non-hydrogen) atoms. The Morgan fingerprint density at radius 1 is 1.55 bits per heavy atom. The van der Waals surface area contributed by atoms with Crippen molar-refractivity contribution in [3.63, 3.8) is 0 Å². The van der Waals surface area contributed by atoms with Gasteiger partial charge in [-0.2, -0.15) is 0 Å². The summed E-state index contributed by atoms with van der Waals surface area (Å²) in [5.41, 5.74) is 1.26. The van der Waals surface area contributed by atoms with Gasteiger partial charge in [0.05, 0.1) is 0 Å². The maximum atomic E-state index is 4.29. The summed E-state index contributed by atoms with van der Waals surface area (Å²) in [5, 5.41) is 0. The molecule has 0 aliphatic rings. The molecule has 1 rings (SSSR count). The molecule has 2 nitrogen and oxygen atoms in total. The van der Waals surface area contributed by atoms with Crippen LogP contribution in [0.3, 0.4) is 0 Å². The summed E-state index contributed by atoms with van der Waals surface area (Å²) < 4.78 is 2.17. The van der Waals surface area contributed by atoms with E-state index in [4.69, 9.17) is 0 Å². The summed E-state index contributed by atoms with van der Waals surface area (Å²) >= 11 is 0.868. The fourth-order valence-corrected chi connectivity index (χ4v) is 1.99. The van der Waals surface area contributed by atoms with Gasteiger partial charge in [-0.15, -0.1) is 0 Å². The van der Waals surface area contributed by atoms with Gasteiger partial charge in [-0.1, -0.05) is 0 Å². The number of hydrogen-bond acceptors (Lipinski definition) is 1. The standard InChI is InChI=1S/C8H13N2.Tl/c1-2-3-4-5-8-6-9-7-10-8;/h6-7H,2-5H2,1H3;/q-1;+1. The van der Waals surface area contributed by atoms with E-state index in [9.17, 15) is 0 Å². The molecule has 0 saturated heterocycles. The Morgan fingerprint density at radius 3 is 2.91 bits per heavy atom. The van der Waals surface area contributed by atoms with Crippen molar-refractivity contribution in [3.8, 4) is 0 Å². The fourth-order valence-electron chi connectivity index (χ4n) is 1.06. The summed E-state index contributed by atoms with van der Waals surface area (Å²) in [7, 11) is 0. The molecule has 0 amide bonds. The van der Waals surface area contributed by atoms with E-state index >= 15 is 0 Å². The van der Waals surface area contributed by atoms with Gasteiger partial charge in [0.1, 0.15) is 0 Å². The Labute approximate surface area is 84.1 Å². The van der Waals surface area contributed by atoms with Crippen molar-refractivity contribution in [1.29, 1.82) is 0 Å². The summed E-state index contributed by atoms with van der Waals surface area (Å²) in [4.78, 5) is 4.29. The minimum atomic E-state index is 0.868. The molecule has 0 N–H and O–H groups in total. The molecule has 0 aromatic carbocycles. The average Bonchev–Trinajstić information content (AvgIpc) is 2.37. The first-order chi connectivity index (χ1) is 5.33. The summed E-state index contributed by atoms with van der Waals surface area (Å²) in [6.07, 6.45) is 9.18. The fraction of sp³-hybridized carbons (Fsp3) is 0.625. The predicted octanol–water partition coefficient (Wildman–Crippen LogP) is 1.55. The van der Waals surface area contributed by atoms with Crippen molar-refractivity contribution in [2.75, 3.05) is 0 Å². The molecule has 3 heteroatoms. The van der Waals surface area contributed by atoms with Crippen LogP contribution in [0.2, 0.25) is 0 Å². The zero-order valence-corrected chi connectivity index (χ0v) is 11.4. The van der Waals surface area contributed by atoms with Crippen LogP contribution in [-0.2, 0) is 6.42 Å². The third kappa shape index (κ3) is 3.35.